The Kier molecular flexibility index (Phi) is 3.33. The number of nitrogens with zero attached hydrogens (tertiary/aromatic N) is 4. The van der Waals surface area contributed by atoms with Crippen molar-refractivity contribution in [3.63, 3.8) is 0 Å². The van der Waals surface area contributed by atoms with E-state index >= 15 is 0 Å². The van der Waals surface area contributed by atoms with Crippen molar-refractivity contribution in [1.82, 2.24) is 20.2 Å². The lowest BCUT2D eigenvalue weighted by Crippen LogP contribution is -2.12. The molecule has 2 aromatic heterocycles. The van der Waals surface area contributed by atoms with E-state index in [-0.39, 0.29) is 6.04 Å². The van der Waals surface area contributed by atoms with Crippen molar-refractivity contribution in [2.45, 2.75) is 25.3 Å². The second-order valence-electron chi connectivity index (χ2n) is 3.31. The molecule has 2 heterocycles. The average molecular weight is 243 g/mol. The lowest BCUT2D eigenvalue weighted by molar-refractivity contribution is 0.465. The zero-order valence-electron chi connectivity index (χ0n) is 8.30. The van der Waals surface area contributed by atoms with Crippen LogP contribution in [-0.4, -0.2) is 20.2 Å². The van der Waals surface area contributed by atoms with E-state index in [9.17, 15) is 0 Å². The molecule has 80 valence electrons. The number of alkyl halides is 1. The summed E-state index contributed by atoms with van der Waals surface area (Å²) >= 11 is 7.49. The van der Waals surface area contributed by atoms with Crippen LogP contribution in [0.2, 0.25) is 0 Å². The summed E-state index contributed by atoms with van der Waals surface area (Å²) in [5.74, 6) is 1.07. The van der Waals surface area contributed by atoms with Crippen molar-refractivity contribution in [2.24, 2.45) is 0 Å². The first-order valence-corrected chi connectivity index (χ1v) is 6.07. The van der Waals surface area contributed by atoms with Crippen LogP contribution >= 0.6 is 22.9 Å². The third-order valence-corrected chi connectivity index (χ3v) is 3.31. The van der Waals surface area contributed by atoms with Crippen molar-refractivity contribution in [2.75, 3.05) is 0 Å². The number of rotatable bonds is 4. The summed E-state index contributed by atoms with van der Waals surface area (Å²) in [6.07, 6.45) is 0.937. The van der Waals surface area contributed by atoms with Gasteiger partial charge in [-0.3, -0.25) is 0 Å². The first kappa shape index (κ1) is 10.6. The van der Waals surface area contributed by atoms with Crippen LogP contribution < -0.4 is 0 Å². The van der Waals surface area contributed by atoms with Gasteiger partial charge in [-0.15, -0.1) is 28.0 Å². The maximum Gasteiger partial charge on any atom is 0.166 e. The molecule has 15 heavy (non-hydrogen) atoms. The summed E-state index contributed by atoms with van der Waals surface area (Å²) in [5, 5.41) is 13.5. The largest absolute Gasteiger partial charge is 0.225 e. The van der Waals surface area contributed by atoms with Gasteiger partial charge < -0.3 is 0 Å². The van der Waals surface area contributed by atoms with Gasteiger partial charge in [-0.25, -0.2) is 4.68 Å². The number of tetrazole rings is 1. The smallest absolute Gasteiger partial charge is 0.166 e. The van der Waals surface area contributed by atoms with Crippen molar-refractivity contribution >= 4 is 22.9 Å². The second kappa shape index (κ2) is 4.72. The van der Waals surface area contributed by atoms with Gasteiger partial charge in [0.25, 0.3) is 0 Å². The topological polar surface area (TPSA) is 43.6 Å². The Labute approximate surface area is 96.9 Å². The third kappa shape index (κ3) is 2.35. The van der Waals surface area contributed by atoms with Gasteiger partial charge in [0.05, 0.1) is 11.9 Å². The Bertz CT molecular complexity index is 411. The lowest BCUT2D eigenvalue weighted by atomic mass is 10.2. The van der Waals surface area contributed by atoms with Crippen LogP contribution in [0.25, 0.3) is 0 Å². The van der Waals surface area contributed by atoms with Crippen LogP contribution in [0.3, 0.4) is 0 Å². The van der Waals surface area contributed by atoms with Crippen LogP contribution in [0.4, 0.5) is 0 Å². The Morgan fingerprint density at radius 2 is 2.47 bits per heavy atom. The number of thiophene rings is 1. The Hall–Kier alpha value is -0.940. The third-order valence-electron chi connectivity index (χ3n) is 2.17. The maximum atomic E-state index is 5.74. The summed E-state index contributed by atoms with van der Waals surface area (Å²) in [6.45, 7) is 2.09. The van der Waals surface area contributed by atoms with E-state index in [1.54, 1.807) is 16.0 Å². The van der Waals surface area contributed by atoms with Gasteiger partial charge in [0.2, 0.25) is 0 Å². The summed E-state index contributed by atoms with van der Waals surface area (Å²) < 4.78 is 1.78. The van der Waals surface area contributed by atoms with E-state index in [0.29, 0.717) is 5.88 Å². The van der Waals surface area contributed by atoms with E-state index in [2.05, 4.69) is 40.0 Å². The van der Waals surface area contributed by atoms with Gasteiger partial charge in [-0.05, 0) is 28.8 Å². The molecule has 2 aromatic rings. The van der Waals surface area contributed by atoms with Gasteiger partial charge in [-0.1, -0.05) is 6.07 Å². The number of hydrogen-bond donors (Lipinski definition) is 0. The summed E-state index contributed by atoms with van der Waals surface area (Å²) in [7, 11) is 0. The molecule has 0 amide bonds. The molecule has 0 aromatic carbocycles. The van der Waals surface area contributed by atoms with Crippen LogP contribution in [0.1, 0.15) is 23.7 Å². The maximum absolute atomic E-state index is 5.74. The molecule has 6 heteroatoms. The quantitative estimate of drug-likeness (QED) is 0.773. The first-order chi connectivity index (χ1) is 7.31. The minimum atomic E-state index is 0.243. The van der Waals surface area contributed by atoms with Gasteiger partial charge in [-0.2, -0.15) is 0 Å². The molecule has 0 radical (unpaired) electrons. The first-order valence-electron chi connectivity index (χ1n) is 4.66. The molecular weight excluding hydrogens is 232 g/mol. The molecule has 0 spiro atoms. The van der Waals surface area contributed by atoms with Gasteiger partial charge >= 0.3 is 0 Å². The Morgan fingerprint density at radius 3 is 3.13 bits per heavy atom. The second-order valence-corrected chi connectivity index (χ2v) is 4.61. The standard InChI is InChI=1S/C9H11ClN4S/c1-7(5-8-3-2-4-15-8)14-9(6-10)11-12-13-14/h2-4,7H,5-6H2,1H3. The molecule has 4 nitrogen and oxygen atoms in total. The average Bonchev–Trinajstić information content (AvgIpc) is 2.86. The highest BCUT2D eigenvalue weighted by Crippen LogP contribution is 2.18. The fourth-order valence-electron chi connectivity index (χ4n) is 1.45. The Morgan fingerprint density at radius 1 is 1.60 bits per heavy atom. The highest BCUT2D eigenvalue weighted by atomic mass is 35.5. The molecule has 0 N–H and O–H groups in total. The molecule has 1 atom stereocenters. The molecule has 0 saturated heterocycles. The van der Waals surface area contributed by atoms with Crippen LogP contribution in [0.5, 0.6) is 0 Å². The number of hydrogen-bond acceptors (Lipinski definition) is 4. The Balaban J connectivity index is 2.11. The molecule has 0 aliphatic rings. The zero-order chi connectivity index (χ0) is 10.7. The van der Waals surface area contributed by atoms with Crippen molar-refractivity contribution < 1.29 is 0 Å². The highest BCUT2D eigenvalue weighted by Gasteiger charge is 2.12. The minimum Gasteiger partial charge on any atom is -0.225 e. The van der Waals surface area contributed by atoms with Gasteiger partial charge in [0, 0.05) is 11.3 Å². The molecule has 0 bridgehead atoms. The minimum absolute atomic E-state index is 0.243. The molecule has 0 saturated carbocycles. The van der Waals surface area contributed by atoms with E-state index in [1.165, 1.54) is 4.88 Å². The predicted molar refractivity (Wildman–Crippen MR) is 60.1 cm³/mol. The SMILES string of the molecule is CC(Cc1cccs1)n1nnnc1CCl. The van der Waals surface area contributed by atoms with Crippen molar-refractivity contribution in [3.8, 4) is 0 Å². The summed E-state index contributed by atoms with van der Waals surface area (Å²) in [4.78, 5) is 1.33. The summed E-state index contributed by atoms with van der Waals surface area (Å²) in [5.41, 5.74) is 0. The van der Waals surface area contributed by atoms with Crippen LogP contribution in [-0.2, 0) is 12.3 Å². The fourth-order valence-corrected chi connectivity index (χ4v) is 2.45. The molecule has 0 aliphatic heterocycles. The molecule has 1 unspecified atom stereocenters. The predicted octanol–water partition coefficient (Wildman–Crippen LogP) is 2.28. The lowest BCUT2D eigenvalue weighted by Gasteiger charge is -2.10. The van der Waals surface area contributed by atoms with Crippen molar-refractivity contribution in [3.05, 3.63) is 28.2 Å². The van der Waals surface area contributed by atoms with Gasteiger partial charge in [0.15, 0.2) is 5.82 Å². The van der Waals surface area contributed by atoms with Gasteiger partial charge in [0.1, 0.15) is 0 Å². The zero-order valence-corrected chi connectivity index (χ0v) is 9.87. The molecule has 2 rings (SSSR count). The molecular formula is C9H11ClN4S. The highest BCUT2D eigenvalue weighted by molar-refractivity contribution is 7.09. The number of aromatic nitrogens is 4. The van der Waals surface area contributed by atoms with Crippen LogP contribution in [0.15, 0.2) is 17.5 Å². The van der Waals surface area contributed by atoms with E-state index in [4.69, 9.17) is 11.6 Å². The molecule has 0 aliphatic carbocycles. The molecule has 0 fully saturated rings. The fraction of sp³-hybridized carbons (Fsp3) is 0.444. The van der Waals surface area contributed by atoms with Crippen LogP contribution in [0, 0.1) is 0 Å². The normalized spacial score (nSPS) is 12.9. The summed E-state index contributed by atoms with van der Waals surface area (Å²) in [6, 6.07) is 4.41. The van der Waals surface area contributed by atoms with Crippen molar-refractivity contribution in [1.29, 1.82) is 0 Å². The van der Waals surface area contributed by atoms with E-state index in [1.807, 2.05) is 0 Å². The monoisotopic (exact) mass is 242 g/mol. The van der Waals surface area contributed by atoms with E-state index in [0.717, 1.165) is 12.2 Å². The van der Waals surface area contributed by atoms with E-state index < -0.39 is 0 Å². The number of halogens is 1.